The summed E-state index contributed by atoms with van der Waals surface area (Å²) in [4.78, 5) is 31.0. The van der Waals surface area contributed by atoms with Crippen LogP contribution in [0.5, 0.6) is 0 Å². The predicted molar refractivity (Wildman–Crippen MR) is 93.9 cm³/mol. The molecule has 5 nitrogen and oxygen atoms in total. The van der Waals surface area contributed by atoms with Crippen LogP contribution in [0.1, 0.15) is 30.9 Å². The lowest BCUT2D eigenvalue weighted by Gasteiger charge is -2.28. The zero-order valence-corrected chi connectivity index (χ0v) is 14.0. The first kappa shape index (κ1) is 16.2. The number of amides is 2. The molecule has 1 aromatic carbocycles. The molecule has 1 aromatic heterocycles. The van der Waals surface area contributed by atoms with Gasteiger partial charge in [0.2, 0.25) is 11.8 Å². The molecule has 2 amide bonds. The van der Waals surface area contributed by atoms with Crippen LogP contribution in [0, 0.1) is 6.92 Å². The largest absolute Gasteiger partial charge is 0.309 e. The normalized spacial score (nSPS) is 15.4. The summed E-state index contributed by atoms with van der Waals surface area (Å²) in [6.07, 6.45) is 3.81. The van der Waals surface area contributed by atoms with Crippen molar-refractivity contribution >= 4 is 23.3 Å². The highest BCUT2D eigenvalue weighted by atomic mass is 16.2. The molecule has 0 saturated heterocycles. The molecule has 2 aromatic rings. The van der Waals surface area contributed by atoms with E-state index < -0.39 is 6.04 Å². The van der Waals surface area contributed by atoms with Gasteiger partial charge in [0, 0.05) is 18.3 Å². The van der Waals surface area contributed by atoms with Gasteiger partial charge in [-0.2, -0.15) is 0 Å². The number of carbonyl (C=O) groups is 2. The highest BCUT2D eigenvalue weighted by Gasteiger charge is 2.30. The van der Waals surface area contributed by atoms with Crippen LogP contribution >= 0.6 is 0 Å². The van der Waals surface area contributed by atoms with Crippen LogP contribution in [0.3, 0.4) is 0 Å². The van der Waals surface area contributed by atoms with E-state index in [-0.39, 0.29) is 11.8 Å². The Morgan fingerprint density at radius 1 is 1.21 bits per heavy atom. The molecule has 124 valence electrons. The van der Waals surface area contributed by atoms with Gasteiger partial charge in [-0.1, -0.05) is 24.3 Å². The van der Waals surface area contributed by atoms with Gasteiger partial charge >= 0.3 is 0 Å². The topological polar surface area (TPSA) is 62.3 Å². The van der Waals surface area contributed by atoms with Crippen LogP contribution in [0.15, 0.2) is 42.6 Å². The number of aromatic nitrogens is 1. The molecule has 0 spiro atoms. The van der Waals surface area contributed by atoms with E-state index in [9.17, 15) is 9.59 Å². The molecule has 0 bridgehead atoms. The van der Waals surface area contributed by atoms with Crippen molar-refractivity contribution < 1.29 is 9.59 Å². The van der Waals surface area contributed by atoms with Crippen molar-refractivity contribution in [2.45, 2.75) is 39.2 Å². The minimum atomic E-state index is -0.597. The number of fused-ring (bicyclic) bond motifs is 1. The number of carbonyl (C=O) groups excluding carboxylic acids is 2. The van der Waals surface area contributed by atoms with Crippen molar-refractivity contribution in [2.75, 3.05) is 10.2 Å². The number of hydrogen-bond donors (Lipinski definition) is 1. The number of rotatable bonds is 3. The Morgan fingerprint density at radius 3 is 2.75 bits per heavy atom. The van der Waals surface area contributed by atoms with Gasteiger partial charge in [-0.3, -0.25) is 14.5 Å². The molecule has 1 aliphatic heterocycles. The van der Waals surface area contributed by atoms with E-state index in [0.717, 1.165) is 29.7 Å². The standard InChI is InChI=1S/C19H21N3O2/c1-13-10-11-17(20-12-13)21-19(24)14(2)22-16-8-4-3-6-15(16)7-5-9-18(22)23/h3-4,6,8,10-12,14H,5,7,9H2,1-2H3,(H,20,21,24)/t14-/m0/s1. The molecule has 24 heavy (non-hydrogen) atoms. The third-order valence-electron chi connectivity index (χ3n) is 4.29. The Hall–Kier alpha value is -2.69. The fourth-order valence-electron chi connectivity index (χ4n) is 2.96. The average Bonchev–Trinajstić information content (AvgIpc) is 2.74. The lowest BCUT2D eigenvalue weighted by Crippen LogP contribution is -2.45. The lowest BCUT2D eigenvalue weighted by molar-refractivity contribution is -0.123. The first-order valence-electron chi connectivity index (χ1n) is 8.20. The highest BCUT2D eigenvalue weighted by Crippen LogP contribution is 2.28. The van der Waals surface area contributed by atoms with Gasteiger partial charge in [0.25, 0.3) is 0 Å². The number of anilines is 2. The summed E-state index contributed by atoms with van der Waals surface area (Å²) in [5.74, 6) is 0.240. The third kappa shape index (κ3) is 3.30. The lowest BCUT2D eigenvalue weighted by atomic mass is 10.1. The van der Waals surface area contributed by atoms with Gasteiger partial charge in [-0.05, 0) is 49.9 Å². The van der Waals surface area contributed by atoms with Gasteiger partial charge in [0.1, 0.15) is 11.9 Å². The highest BCUT2D eigenvalue weighted by molar-refractivity contribution is 6.05. The summed E-state index contributed by atoms with van der Waals surface area (Å²) in [6.45, 7) is 3.69. The zero-order chi connectivity index (χ0) is 17.1. The van der Waals surface area contributed by atoms with Crippen molar-refractivity contribution in [3.05, 3.63) is 53.7 Å². The van der Waals surface area contributed by atoms with Gasteiger partial charge in [0.05, 0.1) is 0 Å². The van der Waals surface area contributed by atoms with Crippen molar-refractivity contribution in [1.82, 2.24) is 4.98 Å². The van der Waals surface area contributed by atoms with Crippen molar-refractivity contribution in [2.24, 2.45) is 0 Å². The Labute approximate surface area is 141 Å². The molecular formula is C19H21N3O2. The SMILES string of the molecule is Cc1ccc(NC(=O)[C@H](C)N2C(=O)CCCc3ccccc32)nc1. The van der Waals surface area contributed by atoms with Crippen molar-refractivity contribution in [3.63, 3.8) is 0 Å². The Kier molecular flexibility index (Phi) is 4.60. The van der Waals surface area contributed by atoms with Crippen LogP contribution < -0.4 is 10.2 Å². The van der Waals surface area contributed by atoms with Gasteiger partial charge in [-0.15, -0.1) is 0 Å². The molecular weight excluding hydrogens is 302 g/mol. The number of hydrogen-bond acceptors (Lipinski definition) is 3. The number of aryl methyl sites for hydroxylation is 2. The molecule has 1 aliphatic rings. The smallest absolute Gasteiger partial charge is 0.248 e. The maximum atomic E-state index is 12.6. The second-order valence-corrected chi connectivity index (χ2v) is 6.13. The van der Waals surface area contributed by atoms with E-state index in [0.29, 0.717) is 12.2 Å². The molecule has 1 atom stereocenters. The van der Waals surface area contributed by atoms with Crippen LogP contribution in [0.2, 0.25) is 0 Å². The van der Waals surface area contributed by atoms with Crippen LogP contribution in [-0.4, -0.2) is 22.8 Å². The Morgan fingerprint density at radius 2 is 2.00 bits per heavy atom. The molecule has 0 aliphatic carbocycles. The summed E-state index contributed by atoms with van der Waals surface area (Å²) in [6, 6.07) is 10.8. The van der Waals surface area contributed by atoms with E-state index in [1.807, 2.05) is 37.3 Å². The fourth-order valence-corrected chi connectivity index (χ4v) is 2.96. The van der Waals surface area contributed by atoms with E-state index >= 15 is 0 Å². The molecule has 0 saturated carbocycles. The maximum absolute atomic E-state index is 12.6. The molecule has 0 fully saturated rings. The summed E-state index contributed by atoms with van der Waals surface area (Å²) in [7, 11) is 0. The Balaban J connectivity index is 1.84. The van der Waals surface area contributed by atoms with Gasteiger partial charge < -0.3 is 5.32 Å². The molecule has 0 unspecified atom stereocenters. The first-order chi connectivity index (χ1) is 11.6. The molecule has 0 radical (unpaired) electrons. The second kappa shape index (κ2) is 6.83. The van der Waals surface area contributed by atoms with Gasteiger partial charge in [0.15, 0.2) is 0 Å². The quantitative estimate of drug-likeness (QED) is 0.944. The minimum Gasteiger partial charge on any atom is -0.309 e. The van der Waals surface area contributed by atoms with E-state index in [1.54, 1.807) is 24.1 Å². The summed E-state index contributed by atoms with van der Waals surface area (Å²) in [5.41, 5.74) is 2.97. The molecule has 5 heteroatoms. The monoisotopic (exact) mass is 323 g/mol. The fraction of sp³-hybridized carbons (Fsp3) is 0.316. The second-order valence-electron chi connectivity index (χ2n) is 6.13. The van der Waals surface area contributed by atoms with Crippen molar-refractivity contribution in [3.8, 4) is 0 Å². The van der Waals surface area contributed by atoms with E-state index in [1.165, 1.54) is 0 Å². The van der Waals surface area contributed by atoms with E-state index in [2.05, 4.69) is 10.3 Å². The molecule has 1 N–H and O–H groups in total. The van der Waals surface area contributed by atoms with Crippen LogP contribution in [-0.2, 0) is 16.0 Å². The number of para-hydroxylation sites is 1. The summed E-state index contributed by atoms with van der Waals surface area (Å²) < 4.78 is 0. The maximum Gasteiger partial charge on any atom is 0.248 e. The minimum absolute atomic E-state index is 0.0144. The molecule has 3 rings (SSSR count). The summed E-state index contributed by atoms with van der Waals surface area (Å²) >= 11 is 0. The van der Waals surface area contributed by atoms with Gasteiger partial charge in [-0.25, -0.2) is 4.98 Å². The number of nitrogens with one attached hydrogen (secondary N) is 1. The first-order valence-corrected chi connectivity index (χ1v) is 8.20. The molecule has 2 heterocycles. The van der Waals surface area contributed by atoms with Crippen molar-refractivity contribution in [1.29, 1.82) is 0 Å². The summed E-state index contributed by atoms with van der Waals surface area (Å²) in [5, 5.41) is 2.79. The van der Waals surface area contributed by atoms with Crippen LogP contribution in [0.25, 0.3) is 0 Å². The van der Waals surface area contributed by atoms with E-state index in [4.69, 9.17) is 0 Å². The zero-order valence-electron chi connectivity index (χ0n) is 14.0. The Bertz CT molecular complexity index is 755. The number of benzene rings is 1. The number of nitrogens with zero attached hydrogens (tertiary/aromatic N) is 2. The average molecular weight is 323 g/mol. The number of pyridine rings is 1. The van der Waals surface area contributed by atoms with Crippen LogP contribution in [0.4, 0.5) is 11.5 Å². The third-order valence-corrected chi connectivity index (χ3v) is 4.29. The predicted octanol–water partition coefficient (Wildman–Crippen LogP) is 3.09.